The number of halogens is 1. The smallest absolute Gasteiger partial charge is 0.220 e. The Hall–Kier alpha value is -0.320. The van der Waals surface area contributed by atoms with Gasteiger partial charge in [-0.15, -0.1) is 12.4 Å². The van der Waals surface area contributed by atoms with Crippen molar-refractivity contribution in [2.45, 2.75) is 70.8 Å². The van der Waals surface area contributed by atoms with Gasteiger partial charge in [-0.3, -0.25) is 4.79 Å². The molecule has 1 rings (SSSR count). The van der Waals surface area contributed by atoms with E-state index in [4.69, 9.17) is 10.5 Å². The van der Waals surface area contributed by atoms with Crippen LogP contribution in [-0.4, -0.2) is 32.2 Å². The van der Waals surface area contributed by atoms with Gasteiger partial charge in [0.2, 0.25) is 5.91 Å². The fourth-order valence-corrected chi connectivity index (χ4v) is 3.22. The maximum Gasteiger partial charge on any atom is 0.220 e. The first-order valence-electron chi connectivity index (χ1n) is 8.14. The second-order valence-corrected chi connectivity index (χ2v) is 6.30. The van der Waals surface area contributed by atoms with Crippen LogP contribution in [0, 0.1) is 5.41 Å². The van der Waals surface area contributed by atoms with E-state index in [9.17, 15) is 4.79 Å². The summed E-state index contributed by atoms with van der Waals surface area (Å²) in [7, 11) is 1.69. The number of ether oxygens (including phenoxy) is 1. The van der Waals surface area contributed by atoms with Gasteiger partial charge in [0.05, 0.1) is 12.6 Å². The van der Waals surface area contributed by atoms with Crippen molar-refractivity contribution < 1.29 is 9.53 Å². The largest absolute Gasteiger partial charge is 0.383 e. The lowest BCUT2D eigenvalue weighted by atomic mass is 9.71. The highest BCUT2D eigenvalue weighted by molar-refractivity contribution is 5.85. The molecule has 0 bridgehead atoms. The van der Waals surface area contributed by atoms with Gasteiger partial charge in [-0.05, 0) is 31.2 Å². The Balaban J connectivity index is 0.00000400. The Bertz CT molecular complexity index is 281. The number of methoxy groups -OCH3 is 1. The monoisotopic (exact) mass is 320 g/mol. The molecule has 1 aliphatic rings. The van der Waals surface area contributed by atoms with E-state index >= 15 is 0 Å². The van der Waals surface area contributed by atoms with Gasteiger partial charge in [0, 0.05) is 13.5 Å². The maximum atomic E-state index is 12.3. The first kappa shape index (κ1) is 20.7. The molecular weight excluding hydrogens is 288 g/mol. The van der Waals surface area contributed by atoms with Crippen LogP contribution in [0.1, 0.15) is 64.7 Å². The highest BCUT2D eigenvalue weighted by atomic mass is 35.5. The lowest BCUT2D eigenvalue weighted by Gasteiger charge is -2.36. The fraction of sp³-hybridized carbons (Fsp3) is 0.938. The maximum absolute atomic E-state index is 12.3. The summed E-state index contributed by atoms with van der Waals surface area (Å²) < 4.78 is 5.20. The zero-order valence-corrected chi connectivity index (χ0v) is 14.5. The normalized spacial score (nSPS) is 18.6. The Morgan fingerprint density at radius 1 is 1.33 bits per heavy atom. The van der Waals surface area contributed by atoms with Crippen LogP contribution in [0.5, 0.6) is 0 Å². The molecule has 0 aromatic carbocycles. The average Bonchev–Trinajstić information content (AvgIpc) is 2.46. The third-order valence-electron chi connectivity index (χ3n) is 4.52. The first-order valence-corrected chi connectivity index (χ1v) is 8.14. The van der Waals surface area contributed by atoms with Gasteiger partial charge in [-0.25, -0.2) is 0 Å². The molecule has 21 heavy (non-hydrogen) atoms. The van der Waals surface area contributed by atoms with E-state index in [1.165, 1.54) is 19.3 Å². The van der Waals surface area contributed by atoms with Crippen LogP contribution in [-0.2, 0) is 9.53 Å². The van der Waals surface area contributed by atoms with Gasteiger partial charge in [0.1, 0.15) is 0 Å². The van der Waals surface area contributed by atoms with Crippen molar-refractivity contribution in [2.24, 2.45) is 11.1 Å². The van der Waals surface area contributed by atoms with Crippen LogP contribution >= 0.6 is 12.4 Å². The Morgan fingerprint density at radius 3 is 2.52 bits per heavy atom. The molecule has 126 valence electrons. The van der Waals surface area contributed by atoms with Crippen LogP contribution in [0.4, 0.5) is 0 Å². The summed E-state index contributed by atoms with van der Waals surface area (Å²) in [6.07, 6.45) is 9.73. The number of hydrogen-bond acceptors (Lipinski definition) is 3. The molecule has 3 N–H and O–H groups in total. The number of rotatable bonds is 9. The Labute approximate surface area is 136 Å². The average molecular weight is 321 g/mol. The Kier molecular flexibility index (Phi) is 11.1. The third-order valence-corrected chi connectivity index (χ3v) is 4.52. The van der Waals surface area contributed by atoms with Crippen LogP contribution in [0.25, 0.3) is 0 Å². The molecule has 1 fully saturated rings. The molecule has 0 heterocycles. The van der Waals surface area contributed by atoms with E-state index < -0.39 is 0 Å². The second kappa shape index (κ2) is 11.3. The highest BCUT2D eigenvalue weighted by Gasteiger charge is 2.33. The molecular formula is C16H33ClN2O2. The standard InChI is InChI=1S/C16H32N2O2.ClH/c1-3-4-8-14(12-20-2)18-15(19)11-16(13-17)9-6-5-7-10-16;/h14H,3-13,17H2,1-2H3,(H,18,19);1H. The summed E-state index contributed by atoms with van der Waals surface area (Å²) in [5.74, 6) is 0.149. The van der Waals surface area contributed by atoms with Crippen molar-refractivity contribution in [1.82, 2.24) is 5.32 Å². The molecule has 0 spiro atoms. The van der Waals surface area contributed by atoms with Crippen LogP contribution in [0.3, 0.4) is 0 Å². The fourth-order valence-electron chi connectivity index (χ4n) is 3.22. The van der Waals surface area contributed by atoms with Gasteiger partial charge < -0.3 is 15.8 Å². The minimum atomic E-state index is 0. The molecule has 1 aliphatic carbocycles. The van der Waals surface area contributed by atoms with Crippen LogP contribution < -0.4 is 11.1 Å². The lowest BCUT2D eigenvalue weighted by molar-refractivity contribution is -0.125. The van der Waals surface area contributed by atoms with Crippen molar-refractivity contribution in [1.29, 1.82) is 0 Å². The first-order chi connectivity index (χ1) is 9.65. The lowest BCUT2D eigenvalue weighted by Crippen LogP contribution is -2.43. The molecule has 0 aliphatic heterocycles. The van der Waals surface area contributed by atoms with Crippen molar-refractivity contribution in [3.8, 4) is 0 Å². The topological polar surface area (TPSA) is 64.3 Å². The number of carbonyl (C=O) groups excluding carboxylic acids is 1. The number of nitrogens with one attached hydrogen (secondary N) is 1. The van der Waals surface area contributed by atoms with E-state index in [1.807, 2.05) is 0 Å². The summed E-state index contributed by atoms with van der Waals surface area (Å²) in [5, 5.41) is 3.14. The molecule has 0 aromatic rings. The van der Waals surface area contributed by atoms with Crippen molar-refractivity contribution >= 4 is 18.3 Å². The minimum Gasteiger partial charge on any atom is -0.383 e. The molecule has 5 heteroatoms. The molecule has 1 atom stereocenters. The van der Waals surface area contributed by atoms with Gasteiger partial charge in [-0.2, -0.15) is 0 Å². The summed E-state index contributed by atoms with van der Waals surface area (Å²) in [6, 6.07) is 0.144. The van der Waals surface area contributed by atoms with Gasteiger partial charge in [-0.1, -0.05) is 39.0 Å². The van der Waals surface area contributed by atoms with Gasteiger partial charge >= 0.3 is 0 Å². The second-order valence-electron chi connectivity index (χ2n) is 6.30. The zero-order chi connectivity index (χ0) is 14.8. The molecule has 1 unspecified atom stereocenters. The van der Waals surface area contributed by atoms with Crippen LogP contribution in [0.2, 0.25) is 0 Å². The van der Waals surface area contributed by atoms with E-state index in [0.717, 1.165) is 32.1 Å². The van der Waals surface area contributed by atoms with Crippen molar-refractivity contribution in [3.05, 3.63) is 0 Å². The predicted octanol–water partition coefficient (Wildman–Crippen LogP) is 3.03. The number of nitrogens with two attached hydrogens (primary N) is 1. The highest BCUT2D eigenvalue weighted by Crippen LogP contribution is 2.38. The minimum absolute atomic E-state index is 0. The molecule has 4 nitrogen and oxygen atoms in total. The zero-order valence-electron chi connectivity index (χ0n) is 13.7. The molecule has 0 saturated heterocycles. The predicted molar refractivity (Wildman–Crippen MR) is 89.8 cm³/mol. The molecule has 1 saturated carbocycles. The SMILES string of the molecule is CCCCC(COC)NC(=O)CC1(CN)CCCCC1.Cl. The number of unbranched alkanes of at least 4 members (excludes halogenated alkanes) is 1. The molecule has 0 aromatic heterocycles. The quantitative estimate of drug-likeness (QED) is 0.686. The summed E-state index contributed by atoms with van der Waals surface area (Å²) >= 11 is 0. The van der Waals surface area contributed by atoms with Gasteiger partial charge in [0.25, 0.3) is 0 Å². The number of amides is 1. The van der Waals surface area contributed by atoms with E-state index in [1.54, 1.807) is 7.11 Å². The molecule has 1 amide bonds. The molecule has 0 radical (unpaired) electrons. The van der Waals surface area contributed by atoms with Gasteiger partial charge in [0.15, 0.2) is 0 Å². The van der Waals surface area contributed by atoms with Crippen LogP contribution in [0.15, 0.2) is 0 Å². The van der Waals surface area contributed by atoms with Crippen molar-refractivity contribution in [3.63, 3.8) is 0 Å². The summed E-state index contributed by atoms with van der Waals surface area (Å²) in [4.78, 5) is 12.3. The summed E-state index contributed by atoms with van der Waals surface area (Å²) in [6.45, 7) is 3.39. The Morgan fingerprint density at radius 2 is 2.00 bits per heavy atom. The number of hydrogen-bond donors (Lipinski definition) is 2. The number of carbonyl (C=O) groups is 1. The van der Waals surface area contributed by atoms with E-state index in [2.05, 4.69) is 12.2 Å². The van der Waals surface area contributed by atoms with E-state index in [-0.39, 0.29) is 29.8 Å². The van der Waals surface area contributed by atoms with E-state index in [0.29, 0.717) is 19.6 Å². The summed E-state index contributed by atoms with van der Waals surface area (Å²) in [5.41, 5.74) is 6.00. The van der Waals surface area contributed by atoms with Crippen molar-refractivity contribution in [2.75, 3.05) is 20.3 Å². The third kappa shape index (κ3) is 7.48.